The van der Waals surface area contributed by atoms with E-state index in [1.54, 1.807) is 20.8 Å². The van der Waals surface area contributed by atoms with Gasteiger partial charge >= 0.3 is 12.1 Å². The molecule has 3 amide bonds. The number of aromatic nitrogens is 2. The standard InChI is InChI=1S/C28H39Cl2N5O7/c1-28(2,3)42-27(39)32-19(11-9-7-5-6-8-10-16-12-18(16)25(38)40-4)24(37)35-15-17(13-20(35)23(31)36)41-22-14-21(29)33-26(30)34-22/h8,10,14,16-20H,5-7,9,11-13,15H2,1-4H3,(H2,31,36)(H,32,39)/b10-8-/t16-,17?,18+,19+,20+/m1/s1. The van der Waals surface area contributed by atoms with Crippen LogP contribution in [-0.4, -0.2) is 76.2 Å². The summed E-state index contributed by atoms with van der Waals surface area (Å²) in [6, 6.07) is -0.507. The van der Waals surface area contributed by atoms with Crippen LogP contribution < -0.4 is 15.8 Å². The highest BCUT2D eigenvalue weighted by Gasteiger charge is 2.43. The molecule has 0 radical (unpaired) electrons. The molecule has 3 N–H and O–H groups in total. The van der Waals surface area contributed by atoms with Gasteiger partial charge in [0, 0.05) is 12.5 Å². The smallest absolute Gasteiger partial charge is 0.408 e. The van der Waals surface area contributed by atoms with Gasteiger partial charge in [-0.1, -0.05) is 36.6 Å². The van der Waals surface area contributed by atoms with Crippen molar-refractivity contribution in [2.45, 2.75) is 89.5 Å². The predicted octanol–water partition coefficient (Wildman–Crippen LogP) is 3.83. The number of allylic oxidation sites excluding steroid dienone is 2. The van der Waals surface area contributed by atoms with Crippen molar-refractivity contribution in [1.29, 1.82) is 0 Å². The summed E-state index contributed by atoms with van der Waals surface area (Å²) in [6.45, 7) is 5.21. The number of carbonyl (C=O) groups excluding carboxylic acids is 4. The maximum Gasteiger partial charge on any atom is 0.408 e. The Morgan fingerprint density at radius 3 is 2.55 bits per heavy atom. The molecule has 1 aliphatic carbocycles. The van der Waals surface area contributed by atoms with Gasteiger partial charge < -0.3 is 30.2 Å². The monoisotopic (exact) mass is 627 g/mol. The number of methoxy groups -OCH3 is 1. The van der Waals surface area contributed by atoms with Gasteiger partial charge in [0.2, 0.25) is 23.0 Å². The number of hydrogen-bond donors (Lipinski definition) is 2. The van der Waals surface area contributed by atoms with Crippen molar-refractivity contribution < 1.29 is 33.4 Å². The number of hydrogen-bond acceptors (Lipinski definition) is 9. The van der Waals surface area contributed by atoms with Crippen LogP contribution in [0.3, 0.4) is 0 Å². The van der Waals surface area contributed by atoms with Gasteiger partial charge in [0.15, 0.2) is 0 Å². The third-order valence-electron chi connectivity index (χ3n) is 6.89. The molecular formula is C28H39Cl2N5O7. The van der Waals surface area contributed by atoms with Crippen LogP contribution >= 0.6 is 23.2 Å². The normalized spacial score (nSPS) is 22.5. The minimum absolute atomic E-state index is 0.0340. The fraction of sp³-hybridized carbons (Fsp3) is 0.643. The first-order valence-electron chi connectivity index (χ1n) is 14.0. The van der Waals surface area contributed by atoms with E-state index in [1.807, 2.05) is 0 Å². The van der Waals surface area contributed by atoms with E-state index in [0.29, 0.717) is 12.8 Å². The molecule has 1 aliphatic heterocycles. The molecule has 1 saturated heterocycles. The van der Waals surface area contributed by atoms with Gasteiger partial charge in [0.05, 0.1) is 19.6 Å². The van der Waals surface area contributed by atoms with Crippen molar-refractivity contribution >= 4 is 47.1 Å². The highest BCUT2D eigenvalue weighted by atomic mass is 35.5. The first-order valence-corrected chi connectivity index (χ1v) is 14.7. The number of nitrogens with two attached hydrogens (primary N) is 1. The van der Waals surface area contributed by atoms with Gasteiger partial charge in [-0.05, 0) is 64.0 Å². The molecule has 2 fully saturated rings. The SMILES string of the molecule is COC(=O)[C@H]1C[C@H]1/C=C\CCCCC[C@H](NC(=O)OC(C)(C)C)C(=O)N1CC(Oc2cc(Cl)nc(Cl)n2)C[C@H]1C(N)=O. The predicted molar refractivity (Wildman–Crippen MR) is 155 cm³/mol. The molecule has 1 aromatic heterocycles. The summed E-state index contributed by atoms with van der Waals surface area (Å²) < 4.78 is 16.0. The van der Waals surface area contributed by atoms with Gasteiger partial charge in [0.25, 0.3) is 0 Å². The maximum atomic E-state index is 13.7. The zero-order chi connectivity index (χ0) is 31.0. The molecule has 3 rings (SSSR count). The molecule has 2 aliphatic rings. The second-order valence-electron chi connectivity index (χ2n) is 11.5. The van der Waals surface area contributed by atoms with Crippen LogP contribution in [0.4, 0.5) is 4.79 Å². The fourth-order valence-electron chi connectivity index (χ4n) is 4.81. The number of nitrogens with zero attached hydrogens (tertiary/aromatic N) is 3. The summed E-state index contributed by atoms with van der Waals surface area (Å²) in [5, 5.41) is 2.65. The van der Waals surface area contributed by atoms with Crippen LogP contribution in [0.25, 0.3) is 0 Å². The molecule has 0 bridgehead atoms. The fourth-order valence-corrected chi connectivity index (χ4v) is 5.20. The van der Waals surface area contributed by atoms with Crippen LogP contribution in [0.5, 0.6) is 5.88 Å². The minimum atomic E-state index is -0.945. The van der Waals surface area contributed by atoms with Crippen molar-refractivity contribution in [2.24, 2.45) is 17.6 Å². The first-order chi connectivity index (χ1) is 19.8. The summed E-state index contributed by atoms with van der Waals surface area (Å²) in [6.07, 6.45) is 7.18. The lowest BCUT2D eigenvalue weighted by Gasteiger charge is -2.28. The lowest BCUT2D eigenvalue weighted by atomic mass is 10.0. The van der Waals surface area contributed by atoms with Crippen molar-refractivity contribution in [3.63, 3.8) is 0 Å². The minimum Gasteiger partial charge on any atom is -0.472 e. The Morgan fingerprint density at radius 2 is 1.90 bits per heavy atom. The Kier molecular flexibility index (Phi) is 11.8. The van der Waals surface area contributed by atoms with Crippen LogP contribution in [-0.2, 0) is 23.9 Å². The van der Waals surface area contributed by atoms with Gasteiger partial charge in [-0.2, -0.15) is 4.98 Å². The molecule has 2 heterocycles. The molecular weight excluding hydrogens is 589 g/mol. The zero-order valence-corrected chi connectivity index (χ0v) is 25.8. The average molecular weight is 629 g/mol. The van der Waals surface area contributed by atoms with E-state index in [2.05, 4.69) is 27.4 Å². The van der Waals surface area contributed by atoms with Crippen LogP contribution in [0.2, 0.25) is 10.4 Å². The Balaban J connectivity index is 1.60. The molecule has 0 spiro atoms. The van der Waals surface area contributed by atoms with Crippen molar-refractivity contribution in [2.75, 3.05) is 13.7 Å². The number of alkyl carbamates (subject to hydrolysis) is 1. The molecule has 232 valence electrons. The van der Waals surface area contributed by atoms with Gasteiger partial charge in [0.1, 0.15) is 28.9 Å². The molecule has 14 heteroatoms. The highest BCUT2D eigenvalue weighted by molar-refractivity contribution is 6.31. The van der Waals surface area contributed by atoms with Crippen LogP contribution in [0.1, 0.15) is 65.7 Å². The number of amides is 3. The largest absolute Gasteiger partial charge is 0.472 e. The van der Waals surface area contributed by atoms with Crippen molar-refractivity contribution in [3.05, 3.63) is 28.7 Å². The Morgan fingerprint density at radius 1 is 1.17 bits per heavy atom. The van der Waals surface area contributed by atoms with Crippen LogP contribution in [0.15, 0.2) is 18.2 Å². The number of esters is 1. The quantitative estimate of drug-likeness (QED) is 0.109. The maximum absolute atomic E-state index is 13.7. The second kappa shape index (κ2) is 14.9. The van der Waals surface area contributed by atoms with Gasteiger partial charge in [-0.25, -0.2) is 9.78 Å². The lowest BCUT2D eigenvalue weighted by molar-refractivity contribution is -0.142. The van der Waals surface area contributed by atoms with Crippen molar-refractivity contribution in [3.8, 4) is 5.88 Å². The molecule has 1 aromatic rings. The van der Waals surface area contributed by atoms with Gasteiger partial charge in [-0.3, -0.25) is 14.4 Å². The molecule has 0 aromatic carbocycles. The summed E-state index contributed by atoms with van der Waals surface area (Å²) in [5.74, 6) is -1.02. The molecule has 1 saturated carbocycles. The van der Waals surface area contributed by atoms with E-state index in [1.165, 1.54) is 18.1 Å². The number of halogens is 2. The number of likely N-dealkylation sites (tertiary alicyclic amines) is 1. The number of rotatable bonds is 13. The summed E-state index contributed by atoms with van der Waals surface area (Å²) in [7, 11) is 1.40. The van der Waals surface area contributed by atoms with E-state index >= 15 is 0 Å². The number of unbranched alkanes of at least 4 members (excludes halogenated alkanes) is 3. The number of primary amides is 1. The third kappa shape index (κ3) is 10.3. The topological polar surface area (TPSA) is 163 Å². The van der Waals surface area contributed by atoms with E-state index in [9.17, 15) is 19.2 Å². The summed E-state index contributed by atoms with van der Waals surface area (Å²) in [4.78, 5) is 59.2. The average Bonchev–Trinajstić information content (AvgIpc) is 3.53. The van der Waals surface area contributed by atoms with Crippen LogP contribution in [0, 0.1) is 11.8 Å². The first kappa shape index (κ1) is 33.4. The Labute approximate surface area is 255 Å². The summed E-state index contributed by atoms with van der Waals surface area (Å²) >= 11 is 11.8. The van der Waals surface area contributed by atoms with E-state index in [0.717, 1.165) is 25.7 Å². The van der Waals surface area contributed by atoms with E-state index < -0.39 is 41.7 Å². The number of ether oxygens (including phenoxy) is 3. The number of carbonyl (C=O) groups is 4. The highest BCUT2D eigenvalue weighted by Crippen LogP contribution is 2.40. The number of nitrogens with one attached hydrogen (secondary N) is 1. The van der Waals surface area contributed by atoms with E-state index in [4.69, 9.17) is 43.1 Å². The Hall–Kier alpha value is -3.12. The lowest BCUT2D eigenvalue weighted by Crippen LogP contribution is -2.53. The van der Waals surface area contributed by atoms with Crippen molar-refractivity contribution in [1.82, 2.24) is 20.2 Å². The zero-order valence-electron chi connectivity index (χ0n) is 24.3. The van der Waals surface area contributed by atoms with E-state index in [-0.39, 0.29) is 47.1 Å². The van der Waals surface area contributed by atoms with Gasteiger partial charge in [-0.15, -0.1) is 0 Å². The molecule has 12 nitrogen and oxygen atoms in total. The summed E-state index contributed by atoms with van der Waals surface area (Å²) in [5.41, 5.74) is 4.88. The molecule has 5 atom stereocenters. The molecule has 1 unspecified atom stereocenters. The Bertz CT molecular complexity index is 1160. The second-order valence-corrected chi connectivity index (χ2v) is 12.2. The third-order valence-corrected chi connectivity index (χ3v) is 7.25. The molecule has 42 heavy (non-hydrogen) atoms.